The molecule has 0 bridgehead atoms. The number of fused-ring (bicyclic) bond motifs is 1. The van der Waals surface area contributed by atoms with Gasteiger partial charge in [0, 0.05) is 5.02 Å². The smallest absolute Gasteiger partial charge is 0.340 e. The van der Waals surface area contributed by atoms with Crippen LogP contribution in [-0.4, -0.2) is 45.8 Å². The molecule has 10 heteroatoms. The van der Waals surface area contributed by atoms with Crippen molar-refractivity contribution in [2.75, 3.05) is 29.0 Å². The van der Waals surface area contributed by atoms with E-state index >= 15 is 0 Å². The molecule has 0 aliphatic carbocycles. The fourth-order valence-corrected chi connectivity index (χ4v) is 3.94. The largest absolute Gasteiger partial charge is 0.476 e. The number of anilines is 2. The maximum absolute atomic E-state index is 12.8. The number of hydrogen-bond acceptors (Lipinski definition) is 6. The maximum atomic E-state index is 12.8. The highest BCUT2D eigenvalue weighted by Gasteiger charge is 2.35. The molecule has 1 atom stereocenters. The van der Waals surface area contributed by atoms with Crippen LogP contribution in [0.4, 0.5) is 11.4 Å². The Morgan fingerprint density at radius 1 is 1.28 bits per heavy atom. The van der Waals surface area contributed by atoms with Gasteiger partial charge in [-0.2, -0.15) is 0 Å². The number of esters is 1. The third kappa shape index (κ3) is 4.63. The average Bonchev–Trinajstić information content (AvgIpc) is 2.67. The normalized spacial score (nSPS) is 15.8. The molecule has 1 aliphatic heterocycles. The minimum atomic E-state index is -3.68. The number of benzene rings is 2. The molecule has 8 nitrogen and oxygen atoms in total. The van der Waals surface area contributed by atoms with Gasteiger partial charge in [0.1, 0.15) is 5.75 Å². The lowest BCUT2D eigenvalue weighted by Gasteiger charge is -2.34. The van der Waals surface area contributed by atoms with E-state index < -0.39 is 28.0 Å². The van der Waals surface area contributed by atoms with Crippen LogP contribution in [-0.2, 0) is 19.6 Å². The Hall–Kier alpha value is -2.78. The van der Waals surface area contributed by atoms with Crippen molar-refractivity contribution in [1.29, 1.82) is 0 Å². The zero-order valence-corrected chi connectivity index (χ0v) is 17.3. The SMILES string of the molecule is CCOC(=O)c1ccccc1NC(=O)[C@H]1CN(S(C)(=O)=O)c2cc(Cl)ccc2O1. The van der Waals surface area contributed by atoms with Crippen LogP contribution in [0.1, 0.15) is 17.3 Å². The summed E-state index contributed by atoms with van der Waals surface area (Å²) >= 11 is 5.97. The topological polar surface area (TPSA) is 102 Å². The Labute approximate surface area is 173 Å². The predicted molar refractivity (Wildman–Crippen MR) is 109 cm³/mol. The van der Waals surface area contributed by atoms with Gasteiger partial charge in [0.05, 0.1) is 36.3 Å². The van der Waals surface area contributed by atoms with E-state index in [1.54, 1.807) is 25.1 Å². The number of halogens is 1. The lowest BCUT2D eigenvalue weighted by atomic mass is 10.1. The summed E-state index contributed by atoms with van der Waals surface area (Å²) in [5.41, 5.74) is 0.689. The van der Waals surface area contributed by atoms with Crippen molar-refractivity contribution in [3.63, 3.8) is 0 Å². The number of hydrogen-bond donors (Lipinski definition) is 1. The second-order valence-corrected chi connectivity index (χ2v) is 8.61. The van der Waals surface area contributed by atoms with Gasteiger partial charge in [-0.25, -0.2) is 13.2 Å². The van der Waals surface area contributed by atoms with Crippen molar-refractivity contribution in [1.82, 2.24) is 0 Å². The highest BCUT2D eigenvalue weighted by atomic mass is 35.5. The third-order valence-corrected chi connectivity index (χ3v) is 5.55. The summed E-state index contributed by atoms with van der Waals surface area (Å²) in [5, 5.41) is 2.96. The Kier molecular flexibility index (Phi) is 5.99. The predicted octanol–water partition coefficient (Wildman–Crippen LogP) is 2.68. The maximum Gasteiger partial charge on any atom is 0.340 e. The number of nitrogens with zero attached hydrogens (tertiary/aromatic N) is 1. The molecule has 2 aromatic rings. The van der Waals surface area contributed by atoms with Crippen LogP contribution in [0, 0.1) is 0 Å². The highest BCUT2D eigenvalue weighted by Crippen LogP contribution is 2.37. The number of sulfonamides is 1. The Balaban J connectivity index is 1.88. The van der Waals surface area contributed by atoms with Gasteiger partial charge in [0.25, 0.3) is 5.91 Å². The molecule has 3 rings (SSSR count). The molecule has 1 amide bonds. The first-order valence-corrected chi connectivity index (χ1v) is 10.9. The first kappa shape index (κ1) is 20.9. The van der Waals surface area contributed by atoms with E-state index in [-0.39, 0.29) is 35.8 Å². The van der Waals surface area contributed by atoms with Crippen molar-refractivity contribution in [3.8, 4) is 5.75 Å². The molecule has 0 fully saturated rings. The highest BCUT2D eigenvalue weighted by molar-refractivity contribution is 7.92. The van der Waals surface area contributed by atoms with Gasteiger partial charge >= 0.3 is 5.97 Å². The summed E-state index contributed by atoms with van der Waals surface area (Å²) in [6.07, 6.45) is -0.0951. The molecule has 0 spiro atoms. The first-order chi connectivity index (χ1) is 13.7. The van der Waals surface area contributed by atoms with Gasteiger partial charge in [-0.1, -0.05) is 23.7 Å². The van der Waals surface area contributed by atoms with Gasteiger partial charge < -0.3 is 14.8 Å². The van der Waals surface area contributed by atoms with Crippen molar-refractivity contribution in [2.45, 2.75) is 13.0 Å². The van der Waals surface area contributed by atoms with Gasteiger partial charge in [-0.3, -0.25) is 9.10 Å². The molecule has 154 valence electrons. The summed E-state index contributed by atoms with van der Waals surface area (Å²) in [5.74, 6) is -0.966. The number of rotatable bonds is 5. The van der Waals surface area contributed by atoms with Crippen molar-refractivity contribution < 1.29 is 27.5 Å². The molecule has 0 unspecified atom stereocenters. The minimum absolute atomic E-state index is 0.186. The second kappa shape index (κ2) is 8.30. The van der Waals surface area contributed by atoms with E-state index in [1.807, 2.05) is 0 Å². The molecule has 0 saturated heterocycles. The molecule has 1 heterocycles. The minimum Gasteiger partial charge on any atom is -0.476 e. The number of para-hydroxylation sites is 1. The zero-order chi connectivity index (χ0) is 21.2. The van der Waals surface area contributed by atoms with Crippen LogP contribution < -0.4 is 14.4 Å². The van der Waals surface area contributed by atoms with Crippen LogP contribution in [0.2, 0.25) is 5.02 Å². The second-order valence-electron chi connectivity index (χ2n) is 6.27. The first-order valence-electron chi connectivity index (χ1n) is 8.71. The summed E-state index contributed by atoms with van der Waals surface area (Å²) in [6, 6.07) is 10.9. The van der Waals surface area contributed by atoms with Crippen LogP contribution in [0.5, 0.6) is 5.75 Å². The molecular formula is C19H19ClN2O6S. The third-order valence-electron chi connectivity index (χ3n) is 4.16. The molecule has 0 saturated carbocycles. The molecule has 29 heavy (non-hydrogen) atoms. The van der Waals surface area contributed by atoms with Gasteiger partial charge in [0.15, 0.2) is 6.10 Å². The van der Waals surface area contributed by atoms with Crippen LogP contribution in [0.3, 0.4) is 0 Å². The Bertz CT molecular complexity index is 1060. The summed E-state index contributed by atoms with van der Waals surface area (Å²) in [6.45, 7) is 1.63. The molecule has 0 radical (unpaired) electrons. The van der Waals surface area contributed by atoms with E-state index in [4.69, 9.17) is 21.1 Å². The van der Waals surface area contributed by atoms with Gasteiger partial charge in [-0.05, 0) is 37.3 Å². The van der Waals surface area contributed by atoms with Crippen molar-refractivity contribution in [3.05, 3.63) is 53.1 Å². The molecular weight excluding hydrogens is 420 g/mol. The molecule has 2 aromatic carbocycles. The molecule has 1 N–H and O–H groups in total. The van der Waals surface area contributed by atoms with Crippen molar-refractivity contribution >= 4 is 44.9 Å². The number of carbonyl (C=O) groups excluding carboxylic acids is 2. The number of amides is 1. The van der Waals surface area contributed by atoms with E-state index in [9.17, 15) is 18.0 Å². The van der Waals surface area contributed by atoms with Crippen LogP contribution in [0.25, 0.3) is 0 Å². The quantitative estimate of drug-likeness (QED) is 0.720. The van der Waals surface area contributed by atoms with Crippen molar-refractivity contribution in [2.24, 2.45) is 0 Å². The number of ether oxygens (including phenoxy) is 2. The van der Waals surface area contributed by atoms with E-state index in [0.29, 0.717) is 5.02 Å². The lowest BCUT2D eigenvalue weighted by Crippen LogP contribution is -2.48. The van der Waals surface area contributed by atoms with Gasteiger partial charge in [-0.15, -0.1) is 0 Å². The lowest BCUT2D eigenvalue weighted by molar-refractivity contribution is -0.122. The van der Waals surface area contributed by atoms with E-state index in [2.05, 4.69) is 5.32 Å². The van der Waals surface area contributed by atoms with Gasteiger partial charge in [0.2, 0.25) is 10.0 Å². The summed E-state index contributed by atoms with van der Waals surface area (Å²) < 4.78 is 36.2. The number of nitrogens with one attached hydrogen (secondary N) is 1. The Morgan fingerprint density at radius 2 is 2.00 bits per heavy atom. The molecule has 1 aliphatic rings. The molecule has 0 aromatic heterocycles. The summed E-state index contributed by atoms with van der Waals surface area (Å²) in [4.78, 5) is 24.9. The van der Waals surface area contributed by atoms with Crippen LogP contribution >= 0.6 is 11.6 Å². The van der Waals surface area contributed by atoms with Crippen LogP contribution in [0.15, 0.2) is 42.5 Å². The fourth-order valence-electron chi connectivity index (χ4n) is 2.87. The fraction of sp³-hybridized carbons (Fsp3) is 0.263. The monoisotopic (exact) mass is 438 g/mol. The zero-order valence-electron chi connectivity index (χ0n) is 15.7. The standard InChI is InChI=1S/C19H19ClN2O6S/c1-3-27-19(24)13-6-4-5-7-14(13)21-18(23)17-11-22(29(2,25)26)15-10-12(20)8-9-16(15)28-17/h4-10,17H,3,11H2,1-2H3,(H,21,23)/t17-/m1/s1. The average molecular weight is 439 g/mol. The van der Waals surface area contributed by atoms with E-state index in [1.165, 1.54) is 24.3 Å². The number of carbonyl (C=O) groups is 2. The summed E-state index contributed by atoms with van der Waals surface area (Å²) in [7, 11) is -3.68. The Morgan fingerprint density at radius 3 is 2.69 bits per heavy atom. The van der Waals surface area contributed by atoms with E-state index in [0.717, 1.165) is 10.6 Å².